The van der Waals surface area contributed by atoms with Crippen LogP contribution in [0.5, 0.6) is 0 Å². The third-order valence-electron chi connectivity index (χ3n) is 6.55. The normalized spacial score (nSPS) is 25.0. The zero-order valence-corrected chi connectivity index (χ0v) is 17.8. The number of hydrogen-bond acceptors (Lipinski definition) is 2. The van der Waals surface area contributed by atoms with Crippen molar-refractivity contribution in [3.63, 3.8) is 0 Å². The van der Waals surface area contributed by atoms with Crippen molar-refractivity contribution >= 4 is 11.6 Å². The van der Waals surface area contributed by atoms with E-state index in [2.05, 4.69) is 42.7 Å². The molecule has 2 nitrogen and oxygen atoms in total. The van der Waals surface area contributed by atoms with E-state index in [4.69, 9.17) is 11.6 Å². The Morgan fingerprint density at radius 2 is 1.82 bits per heavy atom. The number of piperazine rings is 1. The Kier molecular flexibility index (Phi) is 5.52. The summed E-state index contributed by atoms with van der Waals surface area (Å²) in [7, 11) is 0. The Hall–Kier alpha value is -1.42. The van der Waals surface area contributed by atoms with Gasteiger partial charge in [0.15, 0.2) is 0 Å². The van der Waals surface area contributed by atoms with Gasteiger partial charge in [0.25, 0.3) is 0 Å². The van der Waals surface area contributed by atoms with Crippen molar-refractivity contribution < 1.29 is 4.39 Å². The lowest BCUT2D eigenvalue weighted by molar-refractivity contribution is -0.000905. The second kappa shape index (κ2) is 7.78. The molecule has 2 atom stereocenters. The Morgan fingerprint density at radius 1 is 1.07 bits per heavy atom. The number of fused-ring (bicyclic) bond motifs is 1. The van der Waals surface area contributed by atoms with Crippen molar-refractivity contribution in [2.24, 2.45) is 0 Å². The van der Waals surface area contributed by atoms with Crippen molar-refractivity contribution in [1.29, 1.82) is 0 Å². The van der Waals surface area contributed by atoms with Gasteiger partial charge in [0.1, 0.15) is 5.82 Å². The second-order valence-corrected chi connectivity index (χ2v) is 9.34. The molecule has 0 amide bonds. The summed E-state index contributed by atoms with van der Waals surface area (Å²) in [5.74, 6) is 0.123. The van der Waals surface area contributed by atoms with Gasteiger partial charge in [-0.05, 0) is 74.2 Å². The third-order valence-corrected chi connectivity index (χ3v) is 6.79. The number of benzene rings is 2. The van der Waals surface area contributed by atoms with E-state index >= 15 is 0 Å². The quantitative estimate of drug-likeness (QED) is 0.634. The minimum absolute atomic E-state index is 0.168. The number of rotatable bonds is 4. The molecule has 0 N–H and O–H groups in total. The Morgan fingerprint density at radius 3 is 2.50 bits per heavy atom. The van der Waals surface area contributed by atoms with Gasteiger partial charge in [-0.25, -0.2) is 4.39 Å². The molecule has 1 fully saturated rings. The van der Waals surface area contributed by atoms with Crippen molar-refractivity contribution in [2.45, 2.75) is 51.1 Å². The van der Waals surface area contributed by atoms with Crippen LogP contribution in [0.4, 0.5) is 4.39 Å². The first-order valence-electron chi connectivity index (χ1n) is 10.4. The lowest BCUT2D eigenvalue weighted by Gasteiger charge is -2.49. The molecule has 1 aliphatic heterocycles. The van der Waals surface area contributed by atoms with Gasteiger partial charge in [-0.1, -0.05) is 36.7 Å². The highest BCUT2D eigenvalue weighted by atomic mass is 35.5. The minimum Gasteiger partial charge on any atom is -0.296 e. The monoisotopic (exact) mass is 400 g/mol. The molecule has 150 valence electrons. The predicted octanol–water partition coefficient (Wildman–Crippen LogP) is 5.86. The molecule has 1 heterocycles. The first-order valence-corrected chi connectivity index (χ1v) is 10.8. The summed E-state index contributed by atoms with van der Waals surface area (Å²) in [6, 6.07) is 13.7. The maximum Gasteiger partial charge on any atom is 0.123 e. The van der Waals surface area contributed by atoms with Gasteiger partial charge in [0.05, 0.1) is 0 Å². The lowest BCUT2D eigenvalue weighted by Crippen LogP contribution is -2.59. The summed E-state index contributed by atoms with van der Waals surface area (Å²) in [5.41, 5.74) is 4.05. The van der Waals surface area contributed by atoms with Gasteiger partial charge in [-0.3, -0.25) is 9.80 Å². The van der Waals surface area contributed by atoms with E-state index in [1.54, 1.807) is 12.1 Å². The molecular formula is C24H30ClFN2. The van der Waals surface area contributed by atoms with E-state index in [0.29, 0.717) is 12.0 Å². The molecule has 0 bridgehead atoms. The van der Waals surface area contributed by atoms with E-state index in [9.17, 15) is 4.39 Å². The summed E-state index contributed by atoms with van der Waals surface area (Å²) in [6.07, 6.45) is 2.23. The molecule has 4 heteroatoms. The van der Waals surface area contributed by atoms with Crippen LogP contribution in [0.3, 0.4) is 0 Å². The summed E-state index contributed by atoms with van der Waals surface area (Å²) in [6.45, 7) is 11.4. The highest BCUT2D eigenvalue weighted by Crippen LogP contribution is 2.48. The molecule has 0 radical (unpaired) electrons. The van der Waals surface area contributed by atoms with Crippen LogP contribution in [0, 0.1) is 5.82 Å². The number of hydrogen-bond donors (Lipinski definition) is 0. The van der Waals surface area contributed by atoms with Gasteiger partial charge >= 0.3 is 0 Å². The van der Waals surface area contributed by atoms with E-state index in [1.165, 1.54) is 23.1 Å². The highest BCUT2D eigenvalue weighted by molar-refractivity contribution is 6.30. The fourth-order valence-electron chi connectivity index (χ4n) is 5.16. The lowest BCUT2D eigenvalue weighted by atomic mass is 9.92. The van der Waals surface area contributed by atoms with Crippen LogP contribution in [-0.2, 0) is 0 Å². The molecular weight excluding hydrogens is 371 g/mol. The second-order valence-electron chi connectivity index (χ2n) is 8.90. The fraction of sp³-hybridized carbons (Fsp3) is 0.500. The summed E-state index contributed by atoms with van der Waals surface area (Å²) >= 11 is 6.39. The van der Waals surface area contributed by atoms with Crippen LogP contribution in [0.15, 0.2) is 42.5 Å². The van der Waals surface area contributed by atoms with Gasteiger partial charge < -0.3 is 0 Å². The van der Waals surface area contributed by atoms with Crippen molar-refractivity contribution in [3.8, 4) is 0 Å². The van der Waals surface area contributed by atoms with E-state index in [0.717, 1.165) is 37.6 Å². The van der Waals surface area contributed by atoms with Crippen LogP contribution < -0.4 is 0 Å². The Bertz CT molecular complexity index is 833. The molecule has 1 aliphatic carbocycles. The minimum atomic E-state index is -0.177. The topological polar surface area (TPSA) is 6.48 Å². The molecule has 28 heavy (non-hydrogen) atoms. The van der Waals surface area contributed by atoms with Crippen LogP contribution in [-0.4, -0.2) is 41.5 Å². The zero-order chi connectivity index (χ0) is 19.9. The van der Waals surface area contributed by atoms with Crippen LogP contribution >= 0.6 is 11.6 Å². The summed E-state index contributed by atoms with van der Waals surface area (Å²) in [5, 5.41) is 0.799. The number of nitrogens with zero attached hydrogens (tertiary/aromatic N) is 2. The SMILES string of the molecule is CCCN1CCN(C2CC(c3ccc(F)cc3)c3ccc(Cl)cc32)CC1(C)C. The summed E-state index contributed by atoms with van der Waals surface area (Å²) in [4.78, 5) is 5.26. The molecule has 2 aliphatic rings. The first kappa shape index (κ1) is 19.9. The van der Waals surface area contributed by atoms with Crippen LogP contribution in [0.25, 0.3) is 0 Å². The summed E-state index contributed by atoms with van der Waals surface area (Å²) < 4.78 is 13.4. The average Bonchev–Trinajstić information content (AvgIpc) is 3.02. The molecule has 0 spiro atoms. The standard InChI is InChI=1S/C24H30ClFN2/c1-4-11-28-13-12-27(16-24(28,2)3)23-15-21(17-5-8-19(26)9-6-17)20-10-7-18(25)14-22(20)23/h5-10,14,21,23H,4,11-13,15-16H2,1-3H3. The van der Waals surface area contributed by atoms with E-state index in [-0.39, 0.29) is 11.4 Å². The Balaban J connectivity index is 1.64. The number of halogens is 2. The molecule has 1 saturated heterocycles. The molecule has 0 aromatic heterocycles. The molecule has 2 aromatic rings. The molecule has 2 unspecified atom stereocenters. The van der Waals surface area contributed by atoms with E-state index in [1.807, 2.05) is 18.2 Å². The largest absolute Gasteiger partial charge is 0.296 e. The predicted molar refractivity (Wildman–Crippen MR) is 115 cm³/mol. The maximum atomic E-state index is 13.4. The maximum absolute atomic E-state index is 13.4. The smallest absolute Gasteiger partial charge is 0.123 e. The Labute approximate surface area is 173 Å². The van der Waals surface area contributed by atoms with E-state index < -0.39 is 0 Å². The van der Waals surface area contributed by atoms with Gasteiger partial charge in [-0.15, -0.1) is 0 Å². The third kappa shape index (κ3) is 3.72. The molecule has 4 rings (SSSR count). The van der Waals surface area contributed by atoms with Gasteiger partial charge in [-0.2, -0.15) is 0 Å². The zero-order valence-electron chi connectivity index (χ0n) is 17.1. The van der Waals surface area contributed by atoms with Gasteiger partial charge in [0.2, 0.25) is 0 Å². The molecule has 2 aromatic carbocycles. The van der Waals surface area contributed by atoms with Crippen molar-refractivity contribution in [3.05, 3.63) is 70.0 Å². The van der Waals surface area contributed by atoms with Gasteiger partial charge in [0, 0.05) is 42.2 Å². The molecule has 0 saturated carbocycles. The fourth-order valence-corrected chi connectivity index (χ4v) is 5.34. The highest BCUT2D eigenvalue weighted by Gasteiger charge is 2.41. The first-order chi connectivity index (χ1) is 13.4. The average molecular weight is 401 g/mol. The van der Waals surface area contributed by atoms with Crippen molar-refractivity contribution in [1.82, 2.24) is 9.80 Å². The van der Waals surface area contributed by atoms with Crippen molar-refractivity contribution in [2.75, 3.05) is 26.2 Å². The van der Waals surface area contributed by atoms with Crippen LogP contribution in [0.1, 0.15) is 62.3 Å². The van der Waals surface area contributed by atoms with Crippen LogP contribution in [0.2, 0.25) is 5.02 Å².